The lowest BCUT2D eigenvalue weighted by atomic mass is 9.97. The largest absolute Gasteiger partial charge is 0.380 e. The van der Waals surface area contributed by atoms with Crippen molar-refractivity contribution in [3.05, 3.63) is 76.0 Å². The number of hydrogen-bond donors (Lipinski definition) is 1. The van der Waals surface area contributed by atoms with E-state index < -0.39 is 11.6 Å². The van der Waals surface area contributed by atoms with Crippen LogP contribution in [0.5, 0.6) is 0 Å². The second-order valence-corrected chi connectivity index (χ2v) is 5.43. The Morgan fingerprint density at radius 1 is 1.13 bits per heavy atom. The molecule has 0 spiro atoms. The highest BCUT2D eigenvalue weighted by Gasteiger charge is 2.32. The Morgan fingerprint density at radius 2 is 1.96 bits per heavy atom. The highest BCUT2D eigenvalue weighted by Crippen LogP contribution is 2.25. The van der Waals surface area contributed by atoms with Crippen LogP contribution >= 0.6 is 11.6 Å². The molecule has 1 aliphatic carbocycles. The Balaban J connectivity index is 1.76. The Hall–Kier alpha value is -2.53. The van der Waals surface area contributed by atoms with E-state index in [1.165, 1.54) is 24.4 Å². The summed E-state index contributed by atoms with van der Waals surface area (Å²) in [5, 5.41) is 2.73. The summed E-state index contributed by atoms with van der Waals surface area (Å²) >= 11 is 6.02. The van der Waals surface area contributed by atoms with Gasteiger partial charge in [-0.25, -0.2) is 4.39 Å². The Labute approximate surface area is 137 Å². The Bertz CT molecular complexity index is 833. The number of aromatic nitrogens is 1. The molecule has 0 saturated carbocycles. The molecule has 0 fully saturated rings. The normalized spacial score (nSPS) is 14.0. The van der Waals surface area contributed by atoms with Crippen LogP contribution in [-0.2, 0) is 6.42 Å². The van der Waals surface area contributed by atoms with Crippen molar-refractivity contribution >= 4 is 23.2 Å². The minimum absolute atomic E-state index is 0.0410. The van der Waals surface area contributed by atoms with Gasteiger partial charge in [-0.2, -0.15) is 0 Å². The summed E-state index contributed by atoms with van der Waals surface area (Å²) in [5.41, 5.74) is 1.12. The van der Waals surface area contributed by atoms with Crippen molar-refractivity contribution in [1.82, 2.24) is 10.3 Å². The van der Waals surface area contributed by atoms with Crippen LogP contribution in [0.4, 0.5) is 4.39 Å². The van der Waals surface area contributed by atoms with E-state index in [1.807, 2.05) is 0 Å². The molecule has 1 aromatic heterocycles. The first-order chi connectivity index (χ1) is 11.1. The lowest BCUT2D eigenvalue weighted by Gasteiger charge is -2.18. The minimum atomic E-state index is -0.428. The first-order valence-corrected chi connectivity index (χ1v) is 7.38. The number of ketones is 2. The molecular formula is C17H12ClFN2O2. The van der Waals surface area contributed by atoms with Crippen molar-refractivity contribution in [2.24, 2.45) is 0 Å². The van der Waals surface area contributed by atoms with Gasteiger partial charge in [-0.1, -0.05) is 23.7 Å². The van der Waals surface area contributed by atoms with Crippen LogP contribution < -0.4 is 5.32 Å². The molecule has 23 heavy (non-hydrogen) atoms. The third-order valence-corrected chi connectivity index (χ3v) is 3.88. The molecule has 6 heteroatoms. The van der Waals surface area contributed by atoms with Gasteiger partial charge in [-0.05, 0) is 36.2 Å². The molecule has 116 valence electrons. The maximum atomic E-state index is 13.1. The van der Waals surface area contributed by atoms with Crippen LogP contribution in [0.2, 0.25) is 0 Å². The molecule has 0 atom stereocenters. The monoisotopic (exact) mass is 330 g/mol. The summed E-state index contributed by atoms with van der Waals surface area (Å²) in [6.07, 6.45) is 1.94. The van der Waals surface area contributed by atoms with Gasteiger partial charge in [0.15, 0.2) is 0 Å². The summed E-state index contributed by atoms with van der Waals surface area (Å²) < 4.78 is 13.1. The lowest BCUT2D eigenvalue weighted by molar-refractivity contribution is 0.0970. The first-order valence-electron chi connectivity index (χ1n) is 7.00. The molecule has 0 amide bonds. The second kappa shape index (κ2) is 6.30. The number of halogens is 2. The number of carbonyl (C=O) groups is 2. The van der Waals surface area contributed by atoms with E-state index in [0.717, 1.165) is 5.56 Å². The van der Waals surface area contributed by atoms with Gasteiger partial charge in [0, 0.05) is 12.7 Å². The van der Waals surface area contributed by atoms with E-state index in [-0.39, 0.29) is 27.8 Å². The van der Waals surface area contributed by atoms with Crippen molar-refractivity contribution in [1.29, 1.82) is 0 Å². The second-order valence-electron chi connectivity index (χ2n) is 5.05. The predicted molar refractivity (Wildman–Crippen MR) is 83.9 cm³/mol. The Kier molecular flexibility index (Phi) is 4.21. The average molecular weight is 331 g/mol. The first kappa shape index (κ1) is 15.4. The van der Waals surface area contributed by atoms with Crippen molar-refractivity contribution in [2.75, 3.05) is 6.54 Å². The predicted octanol–water partition coefficient (Wildman–Crippen LogP) is 2.88. The van der Waals surface area contributed by atoms with Crippen molar-refractivity contribution in [3.63, 3.8) is 0 Å². The molecule has 0 aliphatic heterocycles. The number of benzene rings is 1. The fourth-order valence-electron chi connectivity index (χ4n) is 2.40. The highest BCUT2D eigenvalue weighted by molar-refractivity contribution is 6.49. The number of carbonyl (C=O) groups excluding carboxylic acids is 2. The zero-order valence-corrected chi connectivity index (χ0v) is 12.7. The number of nitrogens with one attached hydrogen (secondary N) is 1. The van der Waals surface area contributed by atoms with E-state index in [4.69, 9.17) is 11.6 Å². The number of nitrogens with zero attached hydrogens (tertiary/aromatic N) is 1. The molecule has 1 N–H and O–H groups in total. The van der Waals surface area contributed by atoms with Gasteiger partial charge in [0.1, 0.15) is 22.2 Å². The molecule has 1 aliphatic rings. The molecular weight excluding hydrogens is 319 g/mol. The molecule has 1 heterocycles. The summed E-state index contributed by atoms with van der Waals surface area (Å²) in [6, 6.07) is 9.29. The molecule has 0 saturated heterocycles. The van der Waals surface area contributed by atoms with Gasteiger partial charge in [-0.3, -0.25) is 14.6 Å². The van der Waals surface area contributed by atoms with Crippen molar-refractivity contribution in [2.45, 2.75) is 6.42 Å². The number of hydrogen-bond acceptors (Lipinski definition) is 4. The SMILES string of the molecule is O=C1C(Cl)=C(NCCc2cccc(F)c2)C(=O)c2ncccc21. The zero-order chi connectivity index (χ0) is 16.4. The third kappa shape index (κ3) is 3.00. The van der Waals surface area contributed by atoms with E-state index in [0.29, 0.717) is 13.0 Å². The average Bonchev–Trinajstić information content (AvgIpc) is 2.56. The topological polar surface area (TPSA) is 59.1 Å². The van der Waals surface area contributed by atoms with Crippen LogP contribution in [0.15, 0.2) is 53.3 Å². The van der Waals surface area contributed by atoms with Gasteiger partial charge < -0.3 is 5.32 Å². The molecule has 0 unspecified atom stereocenters. The third-order valence-electron chi connectivity index (χ3n) is 3.52. The molecule has 1 aromatic carbocycles. The summed E-state index contributed by atoms with van der Waals surface area (Å²) in [5.74, 6) is -1.16. The number of rotatable bonds is 4. The van der Waals surface area contributed by atoms with E-state index in [2.05, 4.69) is 10.3 Å². The summed E-state index contributed by atoms with van der Waals surface area (Å²) in [4.78, 5) is 28.5. The summed E-state index contributed by atoms with van der Waals surface area (Å²) in [6.45, 7) is 0.343. The van der Waals surface area contributed by atoms with Gasteiger partial charge >= 0.3 is 0 Å². The van der Waals surface area contributed by atoms with Gasteiger partial charge in [0.2, 0.25) is 11.6 Å². The van der Waals surface area contributed by atoms with Gasteiger partial charge in [0.25, 0.3) is 0 Å². The minimum Gasteiger partial charge on any atom is -0.380 e. The maximum Gasteiger partial charge on any atom is 0.229 e. The number of allylic oxidation sites excluding steroid dienone is 2. The van der Waals surface area contributed by atoms with Crippen LogP contribution in [0.3, 0.4) is 0 Å². The van der Waals surface area contributed by atoms with Crippen molar-refractivity contribution < 1.29 is 14.0 Å². The fourth-order valence-corrected chi connectivity index (χ4v) is 2.66. The van der Waals surface area contributed by atoms with Crippen LogP contribution in [0.1, 0.15) is 26.4 Å². The van der Waals surface area contributed by atoms with E-state index >= 15 is 0 Å². The quantitative estimate of drug-likeness (QED) is 0.936. The zero-order valence-electron chi connectivity index (χ0n) is 12.0. The van der Waals surface area contributed by atoms with Gasteiger partial charge in [0.05, 0.1) is 5.56 Å². The molecule has 0 radical (unpaired) electrons. The molecule has 0 bridgehead atoms. The summed E-state index contributed by atoms with van der Waals surface area (Å²) in [7, 11) is 0. The van der Waals surface area contributed by atoms with Crippen LogP contribution in [-0.4, -0.2) is 23.1 Å². The smallest absolute Gasteiger partial charge is 0.229 e. The van der Waals surface area contributed by atoms with E-state index in [9.17, 15) is 14.0 Å². The van der Waals surface area contributed by atoms with E-state index in [1.54, 1.807) is 18.2 Å². The number of pyridine rings is 1. The molecule has 4 nitrogen and oxygen atoms in total. The number of fused-ring (bicyclic) bond motifs is 1. The lowest BCUT2D eigenvalue weighted by Crippen LogP contribution is -2.31. The Morgan fingerprint density at radius 3 is 2.74 bits per heavy atom. The maximum absolute atomic E-state index is 13.1. The molecule has 2 aromatic rings. The number of Topliss-reactive ketones (excluding diaryl/α,β-unsaturated/α-hetero) is 2. The fraction of sp³-hybridized carbons (Fsp3) is 0.118. The highest BCUT2D eigenvalue weighted by atomic mass is 35.5. The van der Waals surface area contributed by atoms with Crippen molar-refractivity contribution in [3.8, 4) is 0 Å². The van der Waals surface area contributed by atoms with Crippen LogP contribution in [0, 0.1) is 5.82 Å². The standard InChI is InChI=1S/C17H12ClFN2O2/c18-13-15(21-8-6-10-3-1-4-11(19)9-10)17(23)14-12(16(13)22)5-2-7-20-14/h1-5,7,9,21H,6,8H2. The molecule has 3 rings (SSSR count). The van der Waals surface area contributed by atoms with Gasteiger partial charge in [-0.15, -0.1) is 0 Å². The van der Waals surface area contributed by atoms with Crippen LogP contribution in [0.25, 0.3) is 0 Å².